The minimum atomic E-state index is -0.115. The lowest BCUT2D eigenvalue weighted by atomic mass is 10.0. The van der Waals surface area contributed by atoms with Crippen LogP contribution in [0.25, 0.3) is 5.69 Å². The number of nitrogens with zero attached hydrogens (tertiary/aromatic N) is 3. The highest BCUT2D eigenvalue weighted by Gasteiger charge is 2.22. The molecule has 0 spiro atoms. The third kappa shape index (κ3) is 3.61. The van der Waals surface area contributed by atoms with Crippen LogP contribution in [0, 0.1) is 19.8 Å². The summed E-state index contributed by atoms with van der Waals surface area (Å²) in [5, 5.41) is 0.770. The van der Waals surface area contributed by atoms with Gasteiger partial charge in [-0.1, -0.05) is 29.3 Å². The van der Waals surface area contributed by atoms with Gasteiger partial charge in [-0.05, 0) is 57.7 Å². The van der Waals surface area contributed by atoms with Gasteiger partial charge in [-0.2, -0.15) is 0 Å². The monoisotopic (exact) mass is 394 g/mol. The van der Waals surface area contributed by atoms with Gasteiger partial charge in [0.25, 0.3) is 5.56 Å². The minimum absolute atomic E-state index is 0.115. The molecule has 1 saturated heterocycles. The molecule has 3 rings (SSSR count). The van der Waals surface area contributed by atoms with Crippen molar-refractivity contribution in [1.82, 2.24) is 9.55 Å². The number of hydrogen-bond donors (Lipinski definition) is 1. The number of nitrogens with two attached hydrogens (primary N) is 1. The first kappa shape index (κ1) is 19.2. The average Bonchev–Trinajstić information content (AvgIpc) is 2.87. The fourth-order valence-corrected chi connectivity index (χ4v) is 3.95. The van der Waals surface area contributed by atoms with Gasteiger partial charge in [-0.25, -0.2) is 4.98 Å². The van der Waals surface area contributed by atoms with Crippen LogP contribution in [0.2, 0.25) is 10.0 Å². The molecule has 0 amide bonds. The summed E-state index contributed by atoms with van der Waals surface area (Å²) in [5.74, 6) is 1.91. The van der Waals surface area contributed by atoms with Crippen molar-refractivity contribution >= 4 is 29.0 Å². The second-order valence-corrected chi connectivity index (χ2v) is 7.63. The first-order valence-corrected chi connectivity index (χ1v) is 9.69. The molecule has 1 aromatic carbocycles. The summed E-state index contributed by atoms with van der Waals surface area (Å²) in [6, 6.07) is 5.26. The van der Waals surface area contributed by atoms with Gasteiger partial charge >= 0.3 is 0 Å². The Morgan fingerprint density at radius 2 is 2.00 bits per heavy atom. The predicted octanol–water partition coefficient (Wildman–Crippen LogP) is 3.72. The van der Waals surface area contributed by atoms with Crippen LogP contribution in [-0.2, 0) is 0 Å². The molecule has 1 aromatic heterocycles. The molecule has 5 nitrogen and oxygen atoms in total. The first-order chi connectivity index (χ1) is 12.4. The van der Waals surface area contributed by atoms with Crippen molar-refractivity contribution in [2.45, 2.75) is 33.1 Å². The van der Waals surface area contributed by atoms with Crippen LogP contribution < -0.4 is 16.2 Å². The van der Waals surface area contributed by atoms with E-state index < -0.39 is 0 Å². The van der Waals surface area contributed by atoms with E-state index in [0.717, 1.165) is 38.2 Å². The number of aromatic nitrogens is 2. The van der Waals surface area contributed by atoms with Gasteiger partial charge < -0.3 is 10.6 Å². The van der Waals surface area contributed by atoms with E-state index >= 15 is 0 Å². The lowest BCUT2D eigenvalue weighted by Crippen LogP contribution is -2.32. The fraction of sp³-hybridized carbons (Fsp3) is 0.474. The van der Waals surface area contributed by atoms with Crippen molar-refractivity contribution in [3.8, 4) is 5.69 Å². The highest BCUT2D eigenvalue weighted by molar-refractivity contribution is 6.43. The van der Waals surface area contributed by atoms with E-state index in [9.17, 15) is 4.79 Å². The van der Waals surface area contributed by atoms with E-state index in [1.165, 1.54) is 4.57 Å². The molecule has 1 aliphatic heterocycles. The van der Waals surface area contributed by atoms with Gasteiger partial charge in [0.15, 0.2) is 0 Å². The Hall–Kier alpha value is -1.56. The van der Waals surface area contributed by atoms with Crippen molar-refractivity contribution in [2.24, 2.45) is 11.7 Å². The Balaban J connectivity index is 2.04. The Kier molecular flexibility index (Phi) is 5.90. The maximum absolute atomic E-state index is 13.1. The summed E-state index contributed by atoms with van der Waals surface area (Å²) >= 11 is 12.4. The summed E-state index contributed by atoms with van der Waals surface area (Å²) in [5.41, 5.74) is 6.90. The van der Waals surface area contributed by atoms with Crippen LogP contribution in [-0.4, -0.2) is 29.2 Å². The largest absolute Gasteiger partial charge is 0.356 e. The molecule has 1 unspecified atom stereocenters. The van der Waals surface area contributed by atoms with E-state index in [2.05, 4.69) is 4.90 Å². The lowest BCUT2D eigenvalue weighted by Gasteiger charge is -2.25. The molecule has 0 saturated carbocycles. The minimum Gasteiger partial charge on any atom is -0.356 e. The van der Waals surface area contributed by atoms with Crippen LogP contribution in [0.15, 0.2) is 23.0 Å². The molecular weight excluding hydrogens is 371 g/mol. The van der Waals surface area contributed by atoms with Gasteiger partial charge in [0.2, 0.25) is 0 Å². The topological polar surface area (TPSA) is 64.2 Å². The molecule has 2 heterocycles. The standard InChI is InChI=1S/C19H24Cl2N4O/c1-12-18(24-9-4-5-14(11-22)8-10-24)23-13(2)25(19(12)26)16-7-3-6-15(20)17(16)21/h3,6-7,14H,4-5,8-11,22H2,1-2H3. The van der Waals surface area contributed by atoms with E-state index in [-0.39, 0.29) is 5.56 Å². The summed E-state index contributed by atoms with van der Waals surface area (Å²) in [6.45, 7) is 6.13. The fourth-order valence-electron chi connectivity index (χ4n) is 3.57. The number of benzene rings is 1. The Morgan fingerprint density at radius 3 is 2.73 bits per heavy atom. The van der Waals surface area contributed by atoms with E-state index in [4.69, 9.17) is 33.9 Å². The second kappa shape index (κ2) is 7.99. The van der Waals surface area contributed by atoms with Crippen molar-refractivity contribution in [2.75, 3.05) is 24.5 Å². The smallest absolute Gasteiger partial charge is 0.263 e. The quantitative estimate of drug-likeness (QED) is 0.861. The Morgan fingerprint density at radius 1 is 1.23 bits per heavy atom. The van der Waals surface area contributed by atoms with Crippen LogP contribution in [0.1, 0.15) is 30.7 Å². The third-order valence-corrected chi connectivity index (χ3v) is 5.91. The van der Waals surface area contributed by atoms with Crippen LogP contribution in [0.5, 0.6) is 0 Å². The predicted molar refractivity (Wildman–Crippen MR) is 108 cm³/mol. The average molecular weight is 395 g/mol. The van der Waals surface area contributed by atoms with Crippen LogP contribution >= 0.6 is 23.2 Å². The van der Waals surface area contributed by atoms with Gasteiger partial charge in [0.05, 0.1) is 21.3 Å². The van der Waals surface area contributed by atoms with Crippen LogP contribution in [0.4, 0.5) is 5.82 Å². The zero-order valence-corrected chi connectivity index (χ0v) is 16.6. The molecule has 26 heavy (non-hydrogen) atoms. The van der Waals surface area contributed by atoms with Gasteiger partial charge in [0.1, 0.15) is 11.6 Å². The maximum atomic E-state index is 13.1. The lowest BCUT2D eigenvalue weighted by molar-refractivity contribution is 0.485. The first-order valence-electron chi connectivity index (χ1n) is 8.93. The zero-order valence-electron chi connectivity index (χ0n) is 15.1. The molecule has 0 radical (unpaired) electrons. The maximum Gasteiger partial charge on any atom is 0.263 e. The third-order valence-electron chi connectivity index (χ3n) is 5.10. The van der Waals surface area contributed by atoms with E-state index in [0.29, 0.717) is 39.6 Å². The summed E-state index contributed by atoms with van der Waals surface area (Å²) in [7, 11) is 0. The molecule has 1 atom stereocenters. The molecule has 7 heteroatoms. The number of halogens is 2. The summed E-state index contributed by atoms with van der Waals surface area (Å²) in [4.78, 5) is 20.1. The normalized spacial score (nSPS) is 18.0. The number of anilines is 1. The van der Waals surface area contributed by atoms with Crippen LogP contribution in [0.3, 0.4) is 0 Å². The Bertz CT molecular complexity index is 865. The van der Waals surface area contributed by atoms with Gasteiger partial charge in [-0.3, -0.25) is 9.36 Å². The van der Waals surface area contributed by atoms with Crippen molar-refractivity contribution in [3.63, 3.8) is 0 Å². The van der Waals surface area contributed by atoms with E-state index in [1.54, 1.807) is 18.2 Å². The zero-order chi connectivity index (χ0) is 18.8. The summed E-state index contributed by atoms with van der Waals surface area (Å²) < 4.78 is 1.54. The number of rotatable bonds is 3. The molecule has 1 aliphatic rings. The number of hydrogen-bond acceptors (Lipinski definition) is 4. The van der Waals surface area contributed by atoms with E-state index in [1.807, 2.05) is 13.8 Å². The molecule has 2 N–H and O–H groups in total. The van der Waals surface area contributed by atoms with Crippen molar-refractivity contribution < 1.29 is 0 Å². The molecule has 0 bridgehead atoms. The SMILES string of the molecule is Cc1c(N2CCCC(CN)CC2)nc(C)n(-c2cccc(Cl)c2Cl)c1=O. The second-order valence-electron chi connectivity index (χ2n) is 6.84. The molecule has 2 aromatic rings. The highest BCUT2D eigenvalue weighted by Crippen LogP contribution is 2.29. The van der Waals surface area contributed by atoms with Crippen molar-refractivity contribution in [3.05, 3.63) is 50.0 Å². The molecule has 0 aliphatic carbocycles. The van der Waals surface area contributed by atoms with Crippen molar-refractivity contribution in [1.29, 1.82) is 0 Å². The molecular formula is C19H24Cl2N4O. The van der Waals surface area contributed by atoms with Gasteiger partial charge in [0, 0.05) is 13.1 Å². The highest BCUT2D eigenvalue weighted by atomic mass is 35.5. The molecule has 1 fully saturated rings. The Labute approximate surface area is 163 Å². The number of aryl methyl sites for hydroxylation is 1. The van der Waals surface area contributed by atoms with Gasteiger partial charge in [-0.15, -0.1) is 0 Å². The summed E-state index contributed by atoms with van der Waals surface area (Å²) in [6.07, 6.45) is 3.21. The molecule has 140 valence electrons.